The SMILES string of the molecule is COc1cc2ccccc2cc1C(=O)N/N=C\c1cc(I)c(OCc2cccc(C(=O)O)c2)c(OC)c1. The lowest BCUT2D eigenvalue weighted by Crippen LogP contribution is -2.18. The van der Waals surface area contributed by atoms with Gasteiger partial charge < -0.3 is 19.3 Å². The van der Waals surface area contributed by atoms with Crippen molar-refractivity contribution in [2.75, 3.05) is 14.2 Å². The van der Waals surface area contributed by atoms with Crippen molar-refractivity contribution in [2.24, 2.45) is 5.10 Å². The first-order valence-electron chi connectivity index (χ1n) is 11.1. The number of ether oxygens (including phenoxy) is 3. The quantitative estimate of drug-likeness (QED) is 0.147. The molecule has 0 saturated heterocycles. The molecule has 0 aromatic heterocycles. The van der Waals surface area contributed by atoms with Gasteiger partial charge in [0.15, 0.2) is 11.5 Å². The summed E-state index contributed by atoms with van der Waals surface area (Å²) in [5, 5.41) is 15.2. The van der Waals surface area contributed by atoms with Crippen molar-refractivity contribution >= 4 is 51.5 Å². The number of hydrogen-bond donors (Lipinski definition) is 2. The molecule has 0 unspecified atom stereocenters. The van der Waals surface area contributed by atoms with Gasteiger partial charge in [0.05, 0.1) is 35.1 Å². The zero-order valence-electron chi connectivity index (χ0n) is 20.0. The molecule has 0 saturated carbocycles. The van der Waals surface area contributed by atoms with Crippen LogP contribution in [0.4, 0.5) is 0 Å². The van der Waals surface area contributed by atoms with Crippen molar-refractivity contribution in [2.45, 2.75) is 6.61 Å². The van der Waals surface area contributed by atoms with Gasteiger partial charge in [-0.05, 0) is 80.9 Å². The monoisotopic (exact) mass is 610 g/mol. The third-order valence-corrected chi connectivity index (χ3v) is 6.30. The van der Waals surface area contributed by atoms with E-state index in [1.54, 1.807) is 30.3 Å². The summed E-state index contributed by atoms with van der Waals surface area (Å²) in [7, 11) is 3.04. The van der Waals surface area contributed by atoms with E-state index in [1.165, 1.54) is 26.5 Å². The second-order valence-corrected chi connectivity index (χ2v) is 9.09. The number of carbonyl (C=O) groups is 2. The van der Waals surface area contributed by atoms with Gasteiger partial charge in [0.25, 0.3) is 5.91 Å². The first-order valence-corrected chi connectivity index (χ1v) is 12.2. The fourth-order valence-corrected chi connectivity index (χ4v) is 4.48. The number of amides is 1. The Kier molecular flexibility index (Phi) is 8.24. The van der Waals surface area contributed by atoms with E-state index in [0.717, 1.165) is 19.9 Å². The predicted molar refractivity (Wildman–Crippen MR) is 149 cm³/mol. The first kappa shape index (κ1) is 26.0. The number of aromatic carboxylic acids is 1. The molecule has 0 fully saturated rings. The Morgan fingerprint density at radius 2 is 1.68 bits per heavy atom. The summed E-state index contributed by atoms with van der Waals surface area (Å²) in [6, 6.07) is 21.4. The van der Waals surface area contributed by atoms with Crippen LogP contribution in [0.3, 0.4) is 0 Å². The number of halogens is 1. The number of fused-ring (bicyclic) bond motifs is 1. The predicted octanol–water partition coefficient (Wildman–Crippen LogP) is 5.50. The van der Waals surface area contributed by atoms with Crippen LogP contribution in [0.15, 0.2) is 77.9 Å². The van der Waals surface area contributed by atoms with Crippen LogP contribution in [0.25, 0.3) is 10.8 Å². The lowest BCUT2D eigenvalue weighted by Gasteiger charge is -2.14. The average Bonchev–Trinajstić information content (AvgIpc) is 2.91. The number of carboxylic acids is 1. The normalized spacial score (nSPS) is 10.9. The Morgan fingerprint density at radius 1 is 0.946 bits per heavy atom. The van der Waals surface area contributed by atoms with Crippen LogP contribution in [0.5, 0.6) is 17.2 Å². The third kappa shape index (κ3) is 6.18. The summed E-state index contributed by atoms with van der Waals surface area (Å²) in [6.45, 7) is 0.171. The van der Waals surface area contributed by atoms with E-state index in [-0.39, 0.29) is 12.2 Å². The number of carboxylic acid groups (broad SMARTS) is 1. The Morgan fingerprint density at radius 3 is 2.38 bits per heavy atom. The highest BCUT2D eigenvalue weighted by Gasteiger charge is 2.14. The third-order valence-electron chi connectivity index (χ3n) is 5.50. The largest absolute Gasteiger partial charge is 0.496 e. The van der Waals surface area contributed by atoms with Crippen LogP contribution < -0.4 is 19.6 Å². The molecule has 4 rings (SSSR count). The maximum atomic E-state index is 12.8. The summed E-state index contributed by atoms with van der Waals surface area (Å²) >= 11 is 2.12. The van der Waals surface area contributed by atoms with E-state index < -0.39 is 11.9 Å². The molecule has 0 aliphatic heterocycles. The molecule has 4 aromatic rings. The van der Waals surface area contributed by atoms with E-state index in [4.69, 9.17) is 14.2 Å². The summed E-state index contributed by atoms with van der Waals surface area (Å²) in [5.74, 6) is 0.0575. The van der Waals surface area contributed by atoms with Gasteiger partial charge in [-0.15, -0.1) is 0 Å². The molecule has 4 aromatic carbocycles. The molecule has 0 atom stereocenters. The summed E-state index contributed by atoms with van der Waals surface area (Å²) in [4.78, 5) is 24.0. The van der Waals surface area contributed by atoms with Crippen LogP contribution in [0, 0.1) is 3.57 Å². The minimum Gasteiger partial charge on any atom is -0.496 e. The zero-order chi connectivity index (χ0) is 26.4. The molecule has 0 heterocycles. The molecular formula is C28H23IN2O6. The van der Waals surface area contributed by atoms with Crippen LogP contribution in [0.2, 0.25) is 0 Å². The Labute approximate surface area is 227 Å². The van der Waals surface area contributed by atoms with E-state index in [9.17, 15) is 14.7 Å². The number of methoxy groups -OCH3 is 2. The van der Waals surface area contributed by atoms with Crippen LogP contribution >= 0.6 is 22.6 Å². The highest BCUT2D eigenvalue weighted by atomic mass is 127. The maximum absolute atomic E-state index is 12.8. The molecule has 8 nitrogen and oxygen atoms in total. The smallest absolute Gasteiger partial charge is 0.335 e. The highest BCUT2D eigenvalue weighted by Crippen LogP contribution is 2.34. The van der Waals surface area contributed by atoms with E-state index in [0.29, 0.717) is 28.4 Å². The number of nitrogens with one attached hydrogen (secondary N) is 1. The molecule has 0 aliphatic carbocycles. The summed E-state index contributed by atoms with van der Waals surface area (Å²) in [6.07, 6.45) is 1.51. The fraction of sp³-hybridized carbons (Fsp3) is 0.107. The second-order valence-electron chi connectivity index (χ2n) is 7.93. The van der Waals surface area contributed by atoms with E-state index in [2.05, 4.69) is 33.1 Å². The minimum absolute atomic E-state index is 0.171. The van der Waals surface area contributed by atoms with Crippen molar-refractivity contribution in [3.05, 3.63) is 98.6 Å². The molecule has 0 aliphatic rings. The lowest BCUT2D eigenvalue weighted by atomic mass is 10.1. The summed E-state index contributed by atoms with van der Waals surface area (Å²) in [5.41, 5.74) is 4.52. The maximum Gasteiger partial charge on any atom is 0.335 e. The van der Waals surface area contributed by atoms with Crippen molar-refractivity contribution in [1.82, 2.24) is 5.43 Å². The topological polar surface area (TPSA) is 106 Å². The van der Waals surface area contributed by atoms with Gasteiger partial charge >= 0.3 is 5.97 Å². The van der Waals surface area contributed by atoms with Gasteiger partial charge in [-0.25, -0.2) is 10.2 Å². The van der Waals surface area contributed by atoms with Crippen molar-refractivity contribution in [3.8, 4) is 17.2 Å². The van der Waals surface area contributed by atoms with E-state index >= 15 is 0 Å². The second kappa shape index (κ2) is 11.7. The van der Waals surface area contributed by atoms with Gasteiger partial charge in [-0.3, -0.25) is 4.79 Å². The number of hydrazone groups is 1. The number of carbonyl (C=O) groups excluding carboxylic acids is 1. The first-order chi connectivity index (χ1) is 17.9. The molecule has 2 N–H and O–H groups in total. The fourth-order valence-electron chi connectivity index (χ4n) is 3.70. The molecule has 0 radical (unpaired) electrons. The van der Waals surface area contributed by atoms with Crippen LogP contribution in [0.1, 0.15) is 31.8 Å². The van der Waals surface area contributed by atoms with Gasteiger partial charge in [-0.2, -0.15) is 5.10 Å². The van der Waals surface area contributed by atoms with Gasteiger partial charge in [-0.1, -0.05) is 36.4 Å². The van der Waals surface area contributed by atoms with Gasteiger partial charge in [0.2, 0.25) is 0 Å². The molecule has 9 heteroatoms. The number of nitrogens with zero attached hydrogens (tertiary/aromatic N) is 1. The highest BCUT2D eigenvalue weighted by molar-refractivity contribution is 14.1. The van der Waals surface area contributed by atoms with Gasteiger partial charge in [0.1, 0.15) is 12.4 Å². The molecule has 37 heavy (non-hydrogen) atoms. The van der Waals surface area contributed by atoms with Crippen molar-refractivity contribution < 1.29 is 28.9 Å². The number of rotatable bonds is 9. The Balaban J connectivity index is 1.48. The average molecular weight is 610 g/mol. The Bertz CT molecular complexity index is 1500. The molecule has 1 amide bonds. The molecular weight excluding hydrogens is 587 g/mol. The minimum atomic E-state index is -0.996. The molecule has 0 spiro atoms. The molecule has 0 bridgehead atoms. The summed E-state index contributed by atoms with van der Waals surface area (Å²) < 4.78 is 17.6. The zero-order valence-corrected chi connectivity index (χ0v) is 22.2. The number of hydrogen-bond acceptors (Lipinski definition) is 6. The Hall–Kier alpha value is -4.12. The standard InChI is InChI=1S/C28H23IN2O6/c1-35-24-14-20-8-4-3-7-19(20)13-22(24)27(32)31-30-15-18-11-23(29)26(25(12-18)36-2)37-16-17-6-5-9-21(10-17)28(33)34/h3-15H,16H2,1-2H3,(H,31,32)(H,33,34)/b30-15-. The lowest BCUT2D eigenvalue weighted by molar-refractivity contribution is 0.0696. The van der Waals surface area contributed by atoms with Crippen molar-refractivity contribution in [1.29, 1.82) is 0 Å². The van der Waals surface area contributed by atoms with E-state index in [1.807, 2.05) is 36.4 Å². The van der Waals surface area contributed by atoms with Crippen LogP contribution in [-0.2, 0) is 6.61 Å². The molecule has 188 valence electrons. The number of benzene rings is 4. The van der Waals surface area contributed by atoms with Gasteiger partial charge in [0, 0.05) is 0 Å². The van der Waals surface area contributed by atoms with Crippen molar-refractivity contribution in [3.63, 3.8) is 0 Å². The van der Waals surface area contributed by atoms with Crippen LogP contribution in [-0.4, -0.2) is 37.4 Å².